The summed E-state index contributed by atoms with van der Waals surface area (Å²) in [5.74, 6) is -0.281. The van der Waals surface area contributed by atoms with Gasteiger partial charge in [-0.15, -0.1) is 0 Å². The molecule has 2 N–H and O–H groups in total. The van der Waals surface area contributed by atoms with Gasteiger partial charge in [-0.1, -0.05) is 33.8 Å². The Balaban J connectivity index is 2.73. The Morgan fingerprint density at radius 1 is 1.09 bits per heavy atom. The maximum atomic E-state index is 12.2. The first-order valence-corrected chi connectivity index (χ1v) is 7.36. The van der Waals surface area contributed by atoms with Crippen molar-refractivity contribution in [2.75, 3.05) is 5.32 Å². The monoisotopic (exact) mass is 305 g/mol. The third-order valence-electron chi connectivity index (χ3n) is 3.17. The molecule has 0 aliphatic heterocycles. The topological polar surface area (TPSA) is 88.2 Å². The number of hydrogen-bond acceptors (Lipinski definition) is 4. The Hall–Kier alpha value is -2.24. The summed E-state index contributed by atoms with van der Waals surface area (Å²) in [6.45, 7) is 7.03. The van der Waals surface area contributed by atoms with E-state index in [-0.39, 0.29) is 29.8 Å². The van der Waals surface area contributed by atoms with Crippen LogP contribution in [0.4, 0.5) is 10.6 Å². The van der Waals surface area contributed by atoms with Gasteiger partial charge in [-0.05, 0) is 12.1 Å². The smallest absolute Gasteiger partial charge is 0.321 e. The highest BCUT2D eigenvalue weighted by Crippen LogP contribution is 2.09. The summed E-state index contributed by atoms with van der Waals surface area (Å²) < 4.78 is 0. The molecule has 2 amide bonds. The Kier molecular flexibility index (Phi) is 6.69. The van der Waals surface area contributed by atoms with Gasteiger partial charge < -0.3 is 5.32 Å². The second-order valence-corrected chi connectivity index (χ2v) is 5.75. The van der Waals surface area contributed by atoms with Gasteiger partial charge in [0.1, 0.15) is 11.6 Å². The Bertz CT molecular complexity index is 527. The van der Waals surface area contributed by atoms with Crippen molar-refractivity contribution in [3.05, 3.63) is 24.4 Å². The maximum absolute atomic E-state index is 12.2. The number of nitrogens with one attached hydrogen (secondary N) is 2. The predicted octanol–water partition coefficient (Wildman–Crippen LogP) is 2.41. The molecule has 120 valence electrons. The van der Waals surface area contributed by atoms with Crippen LogP contribution >= 0.6 is 0 Å². The lowest BCUT2D eigenvalue weighted by Crippen LogP contribution is -2.46. The number of hydrogen-bond donors (Lipinski definition) is 2. The standard InChI is InChI=1S/C16H23N3O3/c1-10(2)13(20)9-12(15(21)11(3)4)18-16(22)19-14-7-5-6-8-17-14/h5-8,10-12H,9H2,1-4H3,(H2,17,18,19,22). The molecule has 1 heterocycles. The zero-order valence-corrected chi connectivity index (χ0v) is 13.4. The van der Waals surface area contributed by atoms with Crippen molar-refractivity contribution in [3.8, 4) is 0 Å². The zero-order chi connectivity index (χ0) is 16.7. The first kappa shape index (κ1) is 17.8. The van der Waals surface area contributed by atoms with Gasteiger partial charge in [-0.25, -0.2) is 9.78 Å². The van der Waals surface area contributed by atoms with Gasteiger partial charge in [0.05, 0.1) is 6.04 Å². The molecule has 0 spiro atoms. The lowest BCUT2D eigenvalue weighted by Gasteiger charge is -2.20. The van der Waals surface area contributed by atoms with Gasteiger partial charge in [-0.3, -0.25) is 14.9 Å². The van der Waals surface area contributed by atoms with E-state index in [0.717, 1.165) is 0 Å². The van der Waals surface area contributed by atoms with Crippen molar-refractivity contribution in [2.45, 2.75) is 40.2 Å². The Morgan fingerprint density at radius 2 is 1.77 bits per heavy atom. The molecule has 0 fully saturated rings. The van der Waals surface area contributed by atoms with Gasteiger partial charge in [0.2, 0.25) is 0 Å². The predicted molar refractivity (Wildman–Crippen MR) is 84.5 cm³/mol. The van der Waals surface area contributed by atoms with E-state index < -0.39 is 12.1 Å². The average Bonchev–Trinajstić information content (AvgIpc) is 2.46. The fraction of sp³-hybridized carbons (Fsp3) is 0.500. The summed E-state index contributed by atoms with van der Waals surface area (Å²) in [4.78, 5) is 40.0. The van der Waals surface area contributed by atoms with Crippen molar-refractivity contribution in [1.29, 1.82) is 0 Å². The zero-order valence-electron chi connectivity index (χ0n) is 13.4. The molecule has 0 aliphatic rings. The molecule has 1 atom stereocenters. The fourth-order valence-electron chi connectivity index (χ4n) is 1.81. The van der Waals surface area contributed by atoms with E-state index in [1.165, 1.54) is 0 Å². The second-order valence-electron chi connectivity index (χ2n) is 5.75. The number of amides is 2. The van der Waals surface area contributed by atoms with Crippen molar-refractivity contribution >= 4 is 23.4 Å². The van der Waals surface area contributed by atoms with Crippen molar-refractivity contribution in [1.82, 2.24) is 10.3 Å². The molecular formula is C16H23N3O3. The number of aromatic nitrogens is 1. The summed E-state index contributed by atoms with van der Waals surface area (Å²) in [6.07, 6.45) is 1.55. The quantitative estimate of drug-likeness (QED) is 0.809. The van der Waals surface area contributed by atoms with Crippen LogP contribution in [0.25, 0.3) is 0 Å². The highest BCUT2D eigenvalue weighted by Gasteiger charge is 2.26. The van der Waals surface area contributed by atoms with Crippen LogP contribution in [0.3, 0.4) is 0 Å². The molecule has 6 nitrogen and oxygen atoms in total. The van der Waals surface area contributed by atoms with E-state index in [0.29, 0.717) is 5.82 Å². The van der Waals surface area contributed by atoms with Crippen molar-refractivity contribution < 1.29 is 14.4 Å². The average molecular weight is 305 g/mol. The number of urea groups is 1. The van der Waals surface area contributed by atoms with Crippen LogP contribution in [0.1, 0.15) is 34.1 Å². The van der Waals surface area contributed by atoms with Crippen LogP contribution in [0, 0.1) is 11.8 Å². The molecule has 1 aromatic rings. The fourth-order valence-corrected chi connectivity index (χ4v) is 1.81. The third-order valence-corrected chi connectivity index (χ3v) is 3.17. The van der Waals surface area contributed by atoms with Crippen molar-refractivity contribution in [3.63, 3.8) is 0 Å². The second kappa shape index (κ2) is 8.26. The highest BCUT2D eigenvalue weighted by atomic mass is 16.2. The van der Waals surface area contributed by atoms with Gasteiger partial charge in [0, 0.05) is 24.5 Å². The summed E-state index contributed by atoms with van der Waals surface area (Å²) >= 11 is 0. The number of rotatable bonds is 7. The molecule has 1 aromatic heterocycles. The molecule has 0 aliphatic carbocycles. The SMILES string of the molecule is CC(C)C(=O)CC(NC(=O)Nc1ccccn1)C(=O)C(C)C. The van der Waals surface area contributed by atoms with E-state index in [1.54, 1.807) is 52.1 Å². The minimum atomic E-state index is -0.821. The van der Waals surface area contributed by atoms with Crippen LogP contribution in [-0.4, -0.2) is 28.6 Å². The minimum absolute atomic E-state index is 0.00428. The number of pyridine rings is 1. The summed E-state index contributed by atoms with van der Waals surface area (Å²) in [5.41, 5.74) is 0. The molecule has 0 saturated carbocycles. The minimum Gasteiger partial charge on any atom is -0.328 e. The van der Waals surface area contributed by atoms with E-state index in [4.69, 9.17) is 0 Å². The number of Topliss-reactive ketones (excluding diaryl/α,β-unsaturated/α-hetero) is 2. The van der Waals surface area contributed by atoms with E-state index in [9.17, 15) is 14.4 Å². The number of nitrogens with zero attached hydrogens (tertiary/aromatic N) is 1. The largest absolute Gasteiger partial charge is 0.328 e. The third kappa shape index (κ3) is 5.63. The first-order chi connectivity index (χ1) is 10.3. The van der Waals surface area contributed by atoms with Gasteiger partial charge in [0.15, 0.2) is 5.78 Å². The maximum Gasteiger partial charge on any atom is 0.321 e. The molecule has 0 bridgehead atoms. The molecule has 0 aromatic carbocycles. The Morgan fingerprint density at radius 3 is 2.27 bits per heavy atom. The van der Waals surface area contributed by atoms with Crippen LogP contribution in [0.5, 0.6) is 0 Å². The van der Waals surface area contributed by atoms with Gasteiger partial charge in [0.25, 0.3) is 0 Å². The molecule has 0 radical (unpaired) electrons. The number of carbonyl (C=O) groups is 3. The molecule has 6 heteroatoms. The van der Waals surface area contributed by atoms with Crippen molar-refractivity contribution in [2.24, 2.45) is 11.8 Å². The van der Waals surface area contributed by atoms with Crippen LogP contribution in [0.15, 0.2) is 24.4 Å². The molecule has 0 saturated heterocycles. The molecule has 22 heavy (non-hydrogen) atoms. The Labute approximate surface area is 130 Å². The van der Waals surface area contributed by atoms with Crippen LogP contribution in [-0.2, 0) is 9.59 Å². The van der Waals surface area contributed by atoms with E-state index in [1.807, 2.05) is 0 Å². The lowest BCUT2D eigenvalue weighted by molar-refractivity contribution is -0.128. The van der Waals surface area contributed by atoms with E-state index in [2.05, 4.69) is 15.6 Å². The van der Waals surface area contributed by atoms with Crippen LogP contribution < -0.4 is 10.6 Å². The normalized spacial score (nSPS) is 12.1. The van der Waals surface area contributed by atoms with Gasteiger partial charge in [-0.2, -0.15) is 0 Å². The number of ketones is 2. The number of carbonyl (C=O) groups excluding carboxylic acids is 3. The van der Waals surface area contributed by atoms with Gasteiger partial charge >= 0.3 is 6.03 Å². The van der Waals surface area contributed by atoms with E-state index >= 15 is 0 Å². The number of anilines is 1. The highest BCUT2D eigenvalue weighted by molar-refractivity contribution is 5.97. The summed E-state index contributed by atoms with van der Waals surface area (Å²) in [5, 5.41) is 5.12. The lowest BCUT2D eigenvalue weighted by atomic mass is 9.94. The first-order valence-electron chi connectivity index (χ1n) is 7.36. The molecular weight excluding hydrogens is 282 g/mol. The molecule has 1 rings (SSSR count). The summed E-state index contributed by atoms with van der Waals surface area (Å²) in [7, 11) is 0. The molecule has 1 unspecified atom stereocenters. The van der Waals surface area contributed by atoms with Crippen LogP contribution in [0.2, 0.25) is 0 Å². The summed E-state index contributed by atoms with van der Waals surface area (Å²) in [6, 6.07) is 3.74.